The van der Waals surface area contributed by atoms with Gasteiger partial charge in [-0.25, -0.2) is 4.98 Å². The van der Waals surface area contributed by atoms with E-state index in [0.717, 1.165) is 30.2 Å². The van der Waals surface area contributed by atoms with Gasteiger partial charge >= 0.3 is 0 Å². The number of hydrogen-bond donors (Lipinski definition) is 2. The summed E-state index contributed by atoms with van der Waals surface area (Å²) in [5, 5.41) is 6.62. The molecule has 118 valence electrons. The average molecular weight is 300 g/mol. The highest BCUT2D eigenvalue weighted by molar-refractivity contribution is 5.63. The minimum atomic E-state index is 0.315. The second-order valence-electron chi connectivity index (χ2n) is 5.73. The topological polar surface area (TPSA) is 66.0 Å². The summed E-state index contributed by atoms with van der Waals surface area (Å²) < 4.78 is 0. The molecule has 2 rings (SSSR count). The molecule has 0 bridgehead atoms. The van der Waals surface area contributed by atoms with E-state index in [9.17, 15) is 0 Å². The van der Waals surface area contributed by atoms with Gasteiger partial charge in [0.2, 0.25) is 5.95 Å². The Labute approximate surface area is 132 Å². The molecule has 6 nitrogen and oxygen atoms in total. The lowest BCUT2D eigenvalue weighted by atomic mass is 10.2. The summed E-state index contributed by atoms with van der Waals surface area (Å²) in [6, 6.07) is 6.18. The maximum atomic E-state index is 4.60. The Hall–Kier alpha value is -2.21. The van der Waals surface area contributed by atoms with Gasteiger partial charge < -0.3 is 15.5 Å². The summed E-state index contributed by atoms with van der Waals surface area (Å²) in [7, 11) is 4.09. The Bertz CT molecular complexity index is 582. The Kier molecular flexibility index (Phi) is 5.66. The number of nitrogens with one attached hydrogen (secondary N) is 2. The van der Waals surface area contributed by atoms with Crippen LogP contribution in [0.4, 0.5) is 11.8 Å². The van der Waals surface area contributed by atoms with Crippen molar-refractivity contribution in [1.82, 2.24) is 19.9 Å². The first-order valence-electron chi connectivity index (χ1n) is 7.49. The standard InChI is InChI=1S/C16H24N6/c1-12(2)19-15-11-14(13-5-7-17-8-6-13)20-16(21-15)18-9-10-22(3)4/h5-8,11-12H,9-10H2,1-4H3,(H2,18,19,20,21). The quantitative estimate of drug-likeness (QED) is 0.818. The first-order chi connectivity index (χ1) is 10.5. The van der Waals surface area contributed by atoms with E-state index in [1.165, 1.54) is 0 Å². The lowest BCUT2D eigenvalue weighted by molar-refractivity contribution is 0.425. The van der Waals surface area contributed by atoms with E-state index < -0.39 is 0 Å². The molecule has 22 heavy (non-hydrogen) atoms. The third-order valence-electron chi connectivity index (χ3n) is 2.98. The molecular weight excluding hydrogens is 276 g/mol. The van der Waals surface area contributed by atoms with Crippen molar-refractivity contribution in [2.24, 2.45) is 0 Å². The van der Waals surface area contributed by atoms with E-state index in [1.807, 2.05) is 32.3 Å². The number of rotatable bonds is 7. The van der Waals surface area contributed by atoms with E-state index >= 15 is 0 Å². The van der Waals surface area contributed by atoms with Gasteiger partial charge in [0.25, 0.3) is 0 Å². The van der Waals surface area contributed by atoms with Crippen molar-refractivity contribution in [1.29, 1.82) is 0 Å². The smallest absolute Gasteiger partial charge is 0.225 e. The van der Waals surface area contributed by atoms with Crippen LogP contribution in [0.25, 0.3) is 11.3 Å². The Balaban J connectivity index is 2.24. The highest BCUT2D eigenvalue weighted by Gasteiger charge is 2.07. The predicted molar refractivity (Wildman–Crippen MR) is 91.1 cm³/mol. The predicted octanol–water partition coefficient (Wildman–Crippen LogP) is 2.33. The SMILES string of the molecule is CC(C)Nc1cc(-c2ccncc2)nc(NCCN(C)C)n1. The number of aromatic nitrogens is 3. The first kappa shape index (κ1) is 16.2. The van der Waals surface area contributed by atoms with Crippen molar-refractivity contribution in [3.63, 3.8) is 0 Å². The van der Waals surface area contributed by atoms with Crippen molar-refractivity contribution in [2.45, 2.75) is 19.9 Å². The van der Waals surface area contributed by atoms with Crippen LogP contribution in [0.15, 0.2) is 30.6 Å². The molecule has 0 atom stereocenters. The summed E-state index contributed by atoms with van der Waals surface area (Å²) in [4.78, 5) is 15.3. The molecule has 0 spiro atoms. The van der Waals surface area contributed by atoms with Crippen LogP contribution in [-0.4, -0.2) is 53.1 Å². The monoisotopic (exact) mass is 300 g/mol. The lowest BCUT2D eigenvalue weighted by Crippen LogP contribution is -2.22. The van der Waals surface area contributed by atoms with E-state index in [-0.39, 0.29) is 0 Å². The third kappa shape index (κ3) is 4.96. The molecule has 2 aromatic rings. The van der Waals surface area contributed by atoms with Gasteiger partial charge in [0.15, 0.2) is 0 Å². The van der Waals surface area contributed by atoms with Crippen LogP contribution in [0.5, 0.6) is 0 Å². The summed E-state index contributed by atoms with van der Waals surface area (Å²) in [6.07, 6.45) is 3.54. The van der Waals surface area contributed by atoms with Gasteiger partial charge in [-0.2, -0.15) is 4.98 Å². The lowest BCUT2D eigenvalue weighted by Gasteiger charge is -2.14. The van der Waals surface area contributed by atoms with Crippen LogP contribution >= 0.6 is 0 Å². The van der Waals surface area contributed by atoms with Crippen LogP contribution in [0.2, 0.25) is 0 Å². The summed E-state index contributed by atoms with van der Waals surface area (Å²) in [5.41, 5.74) is 1.91. The van der Waals surface area contributed by atoms with Crippen molar-refractivity contribution in [3.8, 4) is 11.3 Å². The van der Waals surface area contributed by atoms with Crippen LogP contribution < -0.4 is 10.6 Å². The van der Waals surface area contributed by atoms with Gasteiger partial charge in [-0.1, -0.05) is 0 Å². The van der Waals surface area contributed by atoms with Crippen molar-refractivity contribution in [2.75, 3.05) is 37.8 Å². The molecule has 2 aromatic heterocycles. The van der Waals surface area contributed by atoms with Gasteiger partial charge in [-0.3, -0.25) is 4.98 Å². The second-order valence-corrected chi connectivity index (χ2v) is 5.73. The normalized spacial score (nSPS) is 11.0. The van der Waals surface area contributed by atoms with Gasteiger partial charge in [0.1, 0.15) is 5.82 Å². The molecule has 0 aromatic carbocycles. The molecule has 2 N–H and O–H groups in total. The maximum Gasteiger partial charge on any atom is 0.225 e. The van der Waals surface area contributed by atoms with Gasteiger partial charge in [0.05, 0.1) is 5.69 Å². The fourth-order valence-electron chi connectivity index (χ4n) is 1.96. The molecule has 2 heterocycles. The first-order valence-corrected chi connectivity index (χ1v) is 7.49. The molecule has 0 saturated heterocycles. The van der Waals surface area contributed by atoms with Gasteiger partial charge in [-0.15, -0.1) is 0 Å². The Morgan fingerprint density at radius 3 is 2.50 bits per heavy atom. The highest BCUT2D eigenvalue weighted by Crippen LogP contribution is 2.21. The molecular formula is C16H24N6. The van der Waals surface area contributed by atoms with Crippen LogP contribution in [0.1, 0.15) is 13.8 Å². The molecule has 6 heteroatoms. The molecule has 0 fully saturated rings. The summed E-state index contributed by atoms with van der Waals surface area (Å²) in [6.45, 7) is 5.91. The largest absolute Gasteiger partial charge is 0.368 e. The zero-order valence-electron chi connectivity index (χ0n) is 13.7. The molecule has 0 aliphatic heterocycles. The minimum absolute atomic E-state index is 0.315. The van der Waals surface area contributed by atoms with Crippen molar-refractivity contribution < 1.29 is 0 Å². The molecule has 0 aliphatic carbocycles. The summed E-state index contributed by atoms with van der Waals surface area (Å²) >= 11 is 0. The number of hydrogen-bond acceptors (Lipinski definition) is 6. The van der Waals surface area contributed by atoms with Gasteiger partial charge in [0, 0.05) is 43.2 Å². The van der Waals surface area contributed by atoms with Gasteiger partial charge in [-0.05, 0) is 40.1 Å². The van der Waals surface area contributed by atoms with Crippen LogP contribution in [0, 0.1) is 0 Å². The second kappa shape index (κ2) is 7.70. The average Bonchev–Trinajstić information content (AvgIpc) is 2.47. The van der Waals surface area contributed by atoms with Crippen molar-refractivity contribution >= 4 is 11.8 Å². The van der Waals surface area contributed by atoms with E-state index in [4.69, 9.17) is 0 Å². The maximum absolute atomic E-state index is 4.60. The Morgan fingerprint density at radius 2 is 1.86 bits per heavy atom. The van der Waals surface area contributed by atoms with E-state index in [1.54, 1.807) is 12.4 Å². The molecule has 0 unspecified atom stereocenters. The number of anilines is 2. The van der Waals surface area contributed by atoms with E-state index in [0.29, 0.717) is 12.0 Å². The van der Waals surface area contributed by atoms with Crippen molar-refractivity contribution in [3.05, 3.63) is 30.6 Å². The minimum Gasteiger partial charge on any atom is -0.368 e. The van der Waals surface area contributed by atoms with Crippen LogP contribution in [-0.2, 0) is 0 Å². The number of nitrogens with zero attached hydrogens (tertiary/aromatic N) is 4. The molecule has 0 aliphatic rings. The molecule has 0 radical (unpaired) electrons. The third-order valence-corrected chi connectivity index (χ3v) is 2.98. The van der Waals surface area contributed by atoms with E-state index in [2.05, 4.69) is 44.3 Å². The fourth-order valence-corrected chi connectivity index (χ4v) is 1.96. The zero-order valence-corrected chi connectivity index (χ0v) is 13.7. The highest BCUT2D eigenvalue weighted by atomic mass is 15.2. The number of pyridine rings is 1. The molecule has 0 amide bonds. The molecule has 0 saturated carbocycles. The fraction of sp³-hybridized carbons (Fsp3) is 0.438. The number of likely N-dealkylation sites (N-methyl/N-ethyl adjacent to an activating group) is 1. The Morgan fingerprint density at radius 1 is 1.14 bits per heavy atom. The van der Waals surface area contributed by atoms with Crippen LogP contribution in [0.3, 0.4) is 0 Å². The summed E-state index contributed by atoms with van der Waals surface area (Å²) in [5.74, 6) is 1.46. The zero-order chi connectivity index (χ0) is 15.9.